The van der Waals surface area contributed by atoms with Crippen LogP contribution in [0.15, 0.2) is 26.5 Å². The van der Waals surface area contributed by atoms with Crippen molar-refractivity contribution in [1.82, 2.24) is 19.5 Å². The molecule has 0 radical (unpaired) electrons. The maximum absolute atomic E-state index is 11.9. The van der Waals surface area contributed by atoms with Gasteiger partial charge >= 0.3 is 5.69 Å². The van der Waals surface area contributed by atoms with Crippen LogP contribution in [0.4, 0.5) is 0 Å². The average Bonchev–Trinajstić information content (AvgIpc) is 2.39. The lowest BCUT2D eigenvalue weighted by atomic mass is 10.1. The fourth-order valence-electron chi connectivity index (χ4n) is 2.30. The molecule has 0 atom stereocenters. The van der Waals surface area contributed by atoms with Crippen LogP contribution in [0.1, 0.15) is 12.5 Å². The lowest BCUT2D eigenvalue weighted by Crippen LogP contribution is -2.26. The molecule has 20 heavy (non-hydrogen) atoms. The van der Waals surface area contributed by atoms with Gasteiger partial charge in [-0.2, -0.15) is 0 Å². The van der Waals surface area contributed by atoms with Gasteiger partial charge in [-0.1, -0.05) is 0 Å². The second kappa shape index (κ2) is 4.16. The molecular formula is C13H12N4O3. The van der Waals surface area contributed by atoms with Crippen LogP contribution in [0.3, 0.4) is 0 Å². The van der Waals surface area contributed by atoms with E-state index < -0.39 is 11.2 Å². The first-order valence-corrected chi connectivity index (χ1v) is 6.18. The van der Waals surface area contributed by atoms with Gasteiger partial charge in [0.05, 0.1) is 11.4 Å². The highest BCUT2D eigenvalue weighted by atomic mass is 16.2. The van der Waals surface area contributed by atoms with Crippen molar-refractivity contribution in [3.8, 4) is 11.4 Å². The zero-order valence-corrected chi connectivity index (χ0v) is 11.0. The molecule has 7 nitrogen and oxygen atoms in total. The maximum Gasteiger partial charge on any atom is 0.327 e. The minimum Gasteiger partial charge on any atom is -0.324 e. The van der Waals surface area contributed by atoms with Gasteiger partial charge < -0.3 is 4.57 Å². The number of nitrogens with zero attached hydrogens (tertiary/aromatic N) is 2. The summed E-state index contributed by atoms with van der Waals surface area (Å²) >= 11 is 0. The number of H-pyrrole nitrogens is 2. The zero-order chi connectivity index (χ0) is 14.4. The van der Waals surface area contributed by atoms with Crippen molar-refractivity contribution in [2.24, 2.45) is 0 Å². The minimum atomic E-state index is -0.597. The summed E-state index contributed by atoms with van der Waals surface area (Å²) < 4.78 is 1.70. The van der Waals surface area contributed by atoms with Crippen LogP contribution in [-0.4, -0.2) is 19.5 Å². The molecule has 1 aromatic heterocycles. The molecule has 1 aliphatic heterocycles. The van der Waals surface area contributed by atoms with E-state index in [0.717, 1.165) is 0 Å². The molecule has 0 bridgehead atoms. The SMILES string of the molecule is CCn1c2cc(=O)c(C)cc-2nc2c(=O)[nH]c(=O)[nH]c21. The van der Waals surface area contributed by atoms with E-state index in [-0.39, 0.29) is 10.9 Å². The first kappa shape index (κ1) is 12.3. The summed E-state index contributed by atoms with van der Waals surface area (Å²) in [4.78, 5) is 44.0. The van der Waals surface area contributed by atoms with E-state index in [2.05, 4.69) is 15.0 Å². The van der Waals surface area contributed by atoms with Gasteiger partial charge in [0.25, 0.3) is 5.56 Å². The molecule has 1 aromatic rings. The van der Waals surface area contributed by atoms with Crippen LogP contribution in [0.5, 0.6) is 0 Å². The van der Waals surface area contributed by atoms with Gasteiger partial charge in [-0.15, -0.1) is 0 Å². The average molecular weight is 272 g/mol. The van der Waals surface area contributed by atoms with E-state index in [1.54, 1.807) is 17.6 Å². The monoisotopic (exact) mass is 272 g/mol. The number of aromatic amines is 2. The number of hydrogen-bond acceptors (Lipinski definition) is 4. The van der Waals surface area contributed by atoms with E-state index in [9.17, 15) is 14.4 Å². The summed E-state index contributed by atoms with van der Waals surface area (Å²) in [5.41, 5.74) is 0.928. The van der Waals surface area contributed by atoms with Gasteiger partial charge in [0.1, 0.15) is 5.65 Å². The Balaban J connectivity index is 2.65. The van der Waals surface area contributed by atoms with Crippen molar-refractivity contribution >= 4 is 11.2 Å². The maximum atomic E-state index is 11.9. The van der Waals surface area contributed by atoms with Crippen molar-refractivity contribution in [2.75, 3.05) is 0 Å². The van der Waals surface area contributed by atoms with Crippen molar-refractivity contribution in [3.63, 3.8) is 0 Å². The van der Waals surface area contributed by atoms with Crippen LogP contribution in [0.25, 0.3) is 22.6 Å². The van der Waals surface area contributed by atoms with Gasteiger partial charge in [-0.25, -0.2) is 9.78 Å². The van der Waals surface area contributed by atoms with E-state index >= 15 is 0 Å². The molecule has 102 valence electrons. The third kappa shape index (κ3) is 1.67. The van der Waals surface area contributed by atoms with Gasteiger partial charge in [-0.3, -0.25) is 19.6 Å². The highest BCUT2D eigenvalue weighted by Gasteiger charge is 2.16. The summed E-state index contributed by atoms with van der Waals surface area (Å²) in [7, 11) is 0. The van der Waals surface area contributed by atoms with Gasteiger partial charge in [0.15, 0.2) is 10.9 Å². The summed E-state index contributed by atoms with van der Waals surface area (Å²) in [6.45, 7) is 4.06. The Labute approximate surface area is 112 Å². The lowest BCUT2D eigenvalue weighted by Gasteiger charge is -2.16. The summed E-state index contributed by atoms with van der Waals surface area (Å²) in [6.07, 6.45) is 0. The van der Waals surface area contributed by atoms with Crippen LogP contribution in [0, 0.1) is 6.92 Å². The molecule has 2 N–H and O–H groups in total. The number of nitrogens with one attached hydrogen (secondary N) is 2. The zero-order valence-electron chi connectivity index (χ0n) is 11.0. The molecule has 3 rings (SSSR count). The Bertz CT molecular complexity index is 964. The molecule has 1 aliphatic carbocycles. The molecule has 0 amide bonds. The molecule has 0 saturated heterocycles. The minimum absolute atomic E-state index is 0.104. The first-order valence-electron chi connectivity index (χ1n) is 6.18. The Morgan fingerprint density at radius 2 is 1.95 bits per heavy atom. The number of aryl methyl sites for hydroxylation is 2. The molecule has 7 heteroatoms. The molecular weight excluding hydrogens is 260 g/mol. The predicted molar refractivity (Wildman–Crippen MR) is 74.3 cm³/mol. The molecule has 0 unspecified atom stereocenters. The summed E-state index contributed by atoms with van der Waals surface area (Å²) in [5.74, 6) is 0. The Kier molecular flexibility index (Phi) is 2.56. The summed E-state index contributed by atoms with van der Waals surface area (Å²) in [6, 6.07) is 3.12. The third-order valence-corrected chi connectivity index (χ3v) is 3.28. The van der Waals surface area contributed by atoms with E-state index in [4.69, 9.17) is 0 Å². The van der Waals surface area contributed by atoms with Crippen LogP contribution in [0.2, 0.25) is 0 Å². The number of hydrogen-bond donors (Lipinski definition) is 2. The fourth-order valence-corrected chi connectivity index (χ4v) is 2.30. The molecule has 0 saturated carbocycles. The molecule has 2 aliphatic rings. The second-order valence-electron chi connectivity index (χ2n) is 4.57. The second-order valence-corrected chi connectivity index (χ2v) is 4.57. The standard InChI is InChI=1S/C13H12N4O3/c1-3-17-8-5-9(18)6(2)4-7(8)14-10-11(17)15-13(20)16-12(10)19/h4-5H,3H2,1-2H3,(H2,15,16,19,20). The van der Waals surface area contributed by atoms with Crippen molar-refractivity contribution in [2.45, 2.75) is 20.4 Å². The van der Waals surface area contributed by atoms with E-state index in [1.807, 2.05) is 6.92 Å². The normalized spacial score (nSPS) is 11.3. The van der Waals surface area contributed by atoms with E-state index in [0.29, 0.717) is 29.1 Å². The van der Waals surface area contributed by atoms with Gasteiger partial charge in [0.2, 0.25) is 0 Å². The highest BCUT2D eigenvalue weighted by molar-refractivity contribution is 5.76. The molecule has 0 fully saturated rings. The topological polar surface area (TPSA) is 101 Å². The number of rotatable bonds is 1. The predicted octanol–water partition coefficient (Wildman–Crippen LogP) is 0.206. The van der Waals surface area contributed by atoms with Gasteiger partial charge in [-0.05, 0) is 25.5 Å². The smallest absolute Gasteiger partial charge is 0.324 e. The molecule has 2 heterocycles. The fraction of sp³-hybridized carbons (Fsp3) is 0.231. The van der Waals surface area contributed by atoms with Crippen LogP contribution >= 0.6 is 0 Å². The van der Waals surface area contributed by atoms with Crippen LogP contribution in [-0.2, 0) is 6.54 Å². The van der Waals surface area contributed by atoms with Crippen LogP contribution < -0.4 is 16.7 Å². The Hall–Kier alpha value is -2.70. The van der Waals surface area contributed by atoms with Crippen molar-refractivity contribution in [1.29, 1.82) is 0 Å². The number of benzene rings is 1. The highest BCUT2D eigenvalue weighted by Crippen LogP contribution is 2.21. The van der Waals surface area contributed by atoms with Crippen molar-refractivity contribution < 1.29 is 0 Å². The van der Waals surface area contributed by atoms with E-state index in [1.165, 1.54) is 6.07 Å². The quantitative estimate of drug-likeness (QED) is 0.618. The summed E-state index contributed by atoms with van der Waals surface area (Å²) in [5, 5.41) is 0. The Morgan fingerprint density at radius 3 is 2.65 bits per heavy atom. The largest absolute Gasteiger partial charge is 0.327 e. The third-order valence-electron chi connectivity index (χ3n) is 3.28. The lowest BCUT2D eigenvalue weighted by molar-refractivity contribution is 0.772. The Morgan fingerprint density at radius 1 is 1.20 bits per heavy atom. The molecule has 0 spiro atoms. The first-order chi connectivity index (χ1) is 9.51. The number of fused-ring (bicyclic) bond motifs is 2. The van der Waals surface area contributed by atoms with Gasteiger partial charge in [0, 0.05) is 12.6 Å². The number of aromatic nitrogens is 4. The molecule has 0 aromatic carbocycles. The van der Waals surface area contributed by atoms with Crippen molar-refractivity contribution in [3.05, 3.63) is 48.8 Å².